The molecule has 2 rings (SSSR count). The highest BCUT2D eigenvalue weighted by molar-refractivity contribution is 5.94. The lowest BCUT2D eigenvalue weighted by atomic mass is 9.86. The molecule has 1 heterocycles. The quantitative estimate of drug-likeness (QED) is 0.843. The van der Waals surface area contributed by atoms with E-state index in [-0.39, 0.29) is 23.4 Å². The molecule has 0 unspecified atom stereocenters. The molecule has 0 saturated heterocycles. The molecular formula is C17H24N2O4. The lowest BCUT2D eigenvalue weighted by Crippen LogP contribution is -2.46. The summed E-state index contributed by atoms with van der Waals surface area (Å²) in [4.78, 5) is 28.4. The maximum atomic E-state index is 12.2. The van der Waals surface area contributed by atoms with Crippen LogP contribution in [-0.2, 0) is 9.53 Å². The predicted molar refractivity (Wildman–Crippen MR) is 85.2 cm³/mol. The van der Waals surface area contributed by atoms with Gasteiger partial charge in [0.25, 0.3) is 5.91 Å². The van der Waals surface area contributed by atoms with Crippen molar-refractivity contribution >= 4 is 11.9 Å². The smallest absolute Gasteiger partial charge is 0.344 e. The van der Waals surface area contributed by atoms with Crippen molar-refractivity contribution in [2.75, 3.05) is 7.11 Å². The maximum absolute atomic E-state index is 12.2. The summed E-state index contributed by atoms with van der Waals surface area (Å²) >= 11 is 0. The van der Waals surface area contributed by atoms with Crippen LogP contribution in [0.2, 0.25) is 0 Å². The van der Waals surface area contributed by atoms with Gasteiger partial charge in [-0.15, -0.1) is 0 Å². The van der Waals surface area contributed by atoms with E-state index in [0.29, 0.717) is 5.92 Å². The summed E-state index contributed by atoms with van der Waals surface area (Å²) in [6, 6.07) is 3.33. The number of methoxy groups -OCH3 is 1. The molecule has 1 fully saturated rings. The normalized spacial score (nSPS) is 22.0. The summed E-state index contributed by atoms with van der Waals surface area (Å²) in [5.41, 5.74) is 0.209. The maximum Gasteiger partial charge on any atom is 0.344 e. The monoisotopic (exact) mass is 320 g/mol. The van der Waals surface area contributed by atoms with E-state index in [1.807, 2.05) is 0 Å². The number of rotatable bonds is 5. The first-order valence-electron chi connectivity index (χ1n) is 8.03. The van der Waals surface area contributed by atoms with Crippen molar-refractivity contribution in [3.05, 3.63) is 23.9 Å². The van der Waals surface area contributed by atoms with Gasteiger partial charge in [0.2, 0.25) is 5.88 Å². The molecule has 1 aliphatic rings. The van der Waals surface area contributed by atoms with E-state index < -0.39 is 12.1 Å². The van der Waals surface area contributed by atoms with E-state index in [9.17, 15) is 9.59 Å². The molecule has 6 nitrogen and oxygen atoms in total. The second-order valence-corrected chi connectivity index (χ2v) is 5.98. The van der Waals surface area contributed by atoms with Gasteiger partial charge in [-0.2, -0.15) is 0 Å². The predicted octanol–water partition coefficient (Wildman–Crippen LogP) is 2.33. The number of amides is 1. The number of carbonyl (C=O) groups excluding carboxylic acids is 2. The van der Waals surface area contributed by atoms with Crippen LogP contribution in [0.4, 0.5) is 0 Å². The summed E-state index contributed by atoms with van der Waals surface area (Å²) < 4.78 is 10.3. The number of hydrogen-bond donors (Lipinski definition) is 1. The highest BCUT2D eigenvalue weighted by atomic mass is 16.5. The highest BCUT2D eigenvalue weighted by Crippen LogP contribution is 2.24. The average Bonchev–Trinajstić information content (AvgIpc) is 2.56. The molecule has 0 spiro atoms. The van der Waals surface area contributed by atoms with E-state index in [1.165, 1.54) is 19.7 Å². The Kier molecular flexibility index (Phi) is 5.96. The number of aromatic nitrogens is 1. The average molecular weight is 320 g/mol. The van der Waals surface area contributed by atoms with E-state index in [2.05, 4.69) is 17.2 Å². The van der Waals surface area contributed by atoms with Gasteiger partial charge in [0.15, 0.2) is 6.10 Å². The van der Waals surface area contributed by atoms with Crippen LogP contribution < -0.4 is 10.1 Å². The fraction of sp³-hybridized carbons (Fsp3) is 0.588. The molecule has 23 heavy (non-hydrogen) atoms. The first-order chi connectivity index (χ1) is 11.0. The Labute approximate surface area is 136 Å². The molecule has 1 saturated carbocycles. The van der Waals surface area contributed by atoms with Gasteiger partial charge in [0.05, 0.1) is 7.11 Å². The van der Waals surface area contributed by atoms with E-state index >= 15 is 0 Å². The second-order valence-electron chi connectivity index (χ2n) is 5.98. The van der Waals surface area contributed by atoms with Crippen molar-refractivity contribution < 1.29 is 19.1 Å². The van der Waals surface area contributed by atoms with Crippen molar-refractivity contribution in [2.45, 2.75) is 51.7 Å². The molecule has 1 aliphatic carbocycles. The van der Waals surface area contributed by atoms with Crippen LogP contribution in [0.15, 0.2) is 18.3 Å². The molecule has 0 aromatic carbocycles. The number of esters is 1. The molecule has 6 heteroatoms. The molecule has 3 atom stereocenters. The molecular weight excluding hydrogens is 296 g/mol. The third kappa shape index (κ3) is 4.43. The van der Waals surface area contributed by atoms with Crippen molar-refractivity contribution in [3.8, 4) is 5.88 Å². The van der Waals surface area contributed by atoms with Gasteiger partial charge in [-0.1, -0.05) is 19.8 Å². The highest BCUT2D eigenvalue weighted by Gasteiger charge is 2.27. The Morgan fingerprint density at radius 2 is 2.09 bits per heavy atom. The number of hydrogen-bond acceptors (Lipinski definition) is 5. The SMILES string of the molecule is COc1ncccc1C(=O)O[C@H](C)C(=O)N[C@@H]1CCCC[C@H]1C. The summed E-state index contributed by atoms with van der Waals surface area (Å²) in [6.07, 6.45) is 5.09. The van der Waals surface area contributed by atoms with Crippen LogP contribution in [0.3, 0.4) is 0 Å². The van der Waals surface area contributed by atoms with Crippen LogP contribution >= 0.6 is 0 Å². The Morgan fingerprint density at radius 3 is 2.78 bits per heavy atom. The first kappa shape index (κ1) is 17.2. The molecule has 1 N–H and O–H groups in total. The third-order valence-corrected chi connectivity index (χ3v) is 4.28. The van der Waals surface area contributed by atoms with Crippen LogP contribution in [-0.4, -0.2) is 36.1 Å². The zero-order chi connectivity index (χ0) is 16.8. The Balaban J connectivity index is 1.93. The first-order valence-corrected chi connectivity index (χ1v) is 8.03. The van der Waals surface area contributed by atoms with Gasteiger partial charge < -0.3 is 14.8 Å². The Hall–Kier alpha value is -2.11. The molecule has 0 radical (unpaired) electrons. The number of carbonyl (C=O) groups is 2. The number of ether oxygens (including phenoxy) is 2. The van der Waals surface area contributed by atoms with Crippen LogP contribution in [0.25, 0.3) is 0 Å². The van der Waals surface area contributed by atoms with E-state index in [0.717, 1.165) is 19.3 Å². The third-order valence-electron chi connectivity index (χ3n) is 4.28. The Bertz CT molecular complexity index is 561. The molecule has 0 aliphatic heterocycles. The molecule has 1 aromatic rings. The topological polar surface area (TPSA) is 77.5 Å². The molecule has 0 bridgehead atoms. The summed E-state index contributed by atoms with van der Waals surface area (Å²) in [5.74, 6) is -0.241. The lowest BCUT2D eigenvalue weighted by molar-refractivity contribution is -0.130. The fourth-order valence-electron chi connectivity index (χ4n) is 2.82. The molecule has 126 valence electrons. The van der Waals surface area contributed by atoms with Crippen molar-refractivity contribution in [2.24, 2.45) is 5.92 Å². The zero-order valence-electron chi connectivity index (χ0n) is 13.9. The standard InChI is InChI=1S/C17H24N2O4/c1-11-7-4-5-9-14(11)19-15(20)12(2)23-17(21)13-8-6-10-18-16(13)22-3/h6,8,10-12,14H,4-5,7,9H2,1-3H3,(H,19,20)/t11-,12-,14-/m1/s1. The van der Waals surface area contributed by atoms with Crippen LogP contribution in [0, 0.1) is 5.92 Å². The Morgan fingerprint density at radius 1 is 1.35 bits per heavy atom. The van der Waals surface area contributed by atoms with Crippen LogP contribution in [0.5, 0.6) is 5.88 Å². The fourth-order valence-corrected chi connectivity index (χ4v) is 2.82. The minimum atomic E-state index is -0.860. The molecule has 1 amide bonds. The van der Waals surface area contributed by atoms with Crippen molar-refractivity contribution in [1.29, 1.82) is 0 Å². The zero-order valence-corrected chi connectivity index (χ0v) is 13.9. The summed E-state index contributed by atoms with van der Waals surface area (Å²) in [6.45, 7) is 3.71. The largest absolute Gasteiger partial charge is 0.480 e. The van der Waals surface area contributed by atoms with Gasteiger partial charge >= 0.3 is 5.97 Å². The number of nitrogens with one attached hydrogen (secondary N) is 1. The number of pyridine rings is 1. The molecule has 1 aromatic heterocycles. The second kappa shape index (κ2) is 7.94. The number of nitrogens with zero attached hydrogens (tertiary/aromatic N) is 1. The van der Waals surface area contributed by atoms with Crippen molar-refractivity contribution in [3.63, 3.8) is 0 Å². The van der Waals surface area contributed by atoms with Crippen molar-refractivity contribution in [1.82, 2.24) is 10.3 Å². The van der Waals surface area contributed by atoms with E-state index in [1.54, 1.807) is 19.1 Å². The van der Waals surface area contributed by atoms with E-state index in [4.69, 9.17) is 9.47 Å². The van der Waals surface area contributed by atoms with Crippen LogP contribution in [0.1, 0.15) is 49.9 Å². The minimum absolute atomic E-state index is 0.158. The van der Waals surface area contributed by atoms with Gasteiger partial charge in [-0.3, -0.25) is 4.79 Å². The van der Waals surface area contributed by atoms with Gasteiger partial charge in [0.1, 0.15) is 5.56 Å². The summed E-state index contributed by atoms with van der Waals surface area (Å²) in [7, 11) is 1.43. The lowest BCUT2D eigenvalue weighted by Gasteiger charge is -2.30. The minimum Gasteiger partial charge on any atom is -0.480 e. The summed E-state index contributed by atoms with van der Waals surface area (Å²) in [5, 5.41) is 2.99. The van der Waals surface area contributed by atoms with Gasteiger partial charge in [-0.25, -0.2) is 9.78 Å². The van der Waals surface area contributed by atoms with Gasteiger partial charge in [0, 0.05) is 12.2 Å². The van der Waals surface area contributed by atoms with Gasteiger partial charge in [-0.05, 0) is 37.8 Å².